The molecule has 0 radical (unpaired) electrons. The van der Waals surface area contributed by atoms with Crippen LogP contribution in [0.1, 0.15) is 15.9 Å². The van der Waals surface area contributed by atoms with E-state index < -0.39 is 23.1 Å². The van der Waals surface area contributed by atoms with Crippen LogP contribution in [-0.2, 0) is 6.54 Å². The lowest BCUT2D eigenvalue weighted by atomic mass is 10.1. The zero-order chi connectivity index (χ0) is 14.7. The highest BCUT2D eigenvalue weighted by Gasteiger charge is 2.21. The van der Waals surface area contributed by atoms with Gasteiger partial charge in [0.2, 0.25) is 0 Å². The van der Waals surface area contributed by atoms with Gasteiger partial charge in [-0.1, -0.05) is 40.2 Å². The van der Waals surface area contributed by atoms with Crippen molar-refractivity contribution in [2.45, 2.75) is 6.54 Å². The molecule has 0 heterocycles. The van der Waals surface area contributed by atoms with Gasteiger partial charge in [0.1, 0.15) is 17.2 Å². The Morgan fingerprint density at radius 1 is 1.10 bits per heavy atom. The summed E-state index contributed by atoms with van der Waals surface area (Å²) in [6.45, 7) is 0.258. The van der Waals surface area contributed by atoms with Crippen LogP contribution < -0.4 is 0 Å². The first-order valence-electron chi connectivity index (χ1n) is 5.93. The van der Waals surface area contributed by atoms with Gasteiger partial charge in [-0.2, -0.15) is 0 Å². The molecule has 0 fully saturated rings. The summed E-state index contributed by atoms with van der Waals surface area (Å²) in [5.41, 5.74) is 0.335. The predicted molar refractivity (Wildman–Crippen MR) is 76.3 cm³/mol. The highest BCUT2D eigenvalue weighted by Crippen LogP contribution is 2.20. The number of carbonyl (C=O) groups is 1. The number of benzene rings is 2. The Hall–Kier alpha value is -1.75. The summed E-state index contributed by atoms with van der Waals surface area (Å²) < 4.78 is 28.0. The average molecular weight is 340 g/mol. The van der Waals surface area contributed by atoms with Gasteiger partial charge >= 0.3 is 0 Å². The number of nitrogens with zero attached hydrogens (tertiary/aromatic N) is 1. The van der Waals surface area contributed by atoms with Crippen LogP contribution in [0.5, 0.6) is 0 Å². The molecule has 104 valence electrons. The van der Waals surface area contributed by atoms with E-state index in [-0.39, 0.29) is 6.54 Å². The number of rotatable bonds is 3. The van der Waals surface area contributed by atoms with Crippen molar-refractivity contribution in [1.82, 2.24) is 4.90 Å². The molecule has 2 aromatic carbocycles. The van der Waals surface area contributed by atoms with Crippen LogP contribution in [0.25, 0.3) is 0 Å². The maximum absolute atomic E-state index is 13.6. The molecule has 0 aliphatic carbocycles. The highest BCUT2D eigenvalue weighted by atomic mass is 79.9. The first kappa shape index (κ1) is 14.7. The molecule has 0 atom stereocenters. The van der Waals surface area contributed by atoms with Crippen molar-refractivity contribution in [2.75, 3.05) is 7.05 Å². The molecule has 5 heteroatoms. The van der Waals surface area contributed by atoms with Crippen molar-refractivity contribution in [2.24, 2.45) is 0 Å². The molecule has 0 aromatic heterocycles. The predicted octanol–water partition coefficient (Wildman–Crippen LogP) is 4.00. The van der Waals surface area contributed by atoms with Crippen LogP contribution in [0.3, 0.4) is 0 Å². The van der Waals surface area contributed by atoms with Gasteiger partial charge in [-0.3, -0.25) is 4.79 Å². The van der Waals surface area contributed by atoms with Gasteiger partial charge in [-0.05, 0) is 23.8 Å². The Bertz CT molecular complexity index is 625. The first-order valence-corrected chi connectivity index (χ1v) is 6.73. The minimum absolute atomic E-state index is 0.258. The van der Waals surface area contributed by atoms with Crippen LogP contribution >= 0.6 is 15.9 Å². The molecule has 2 rings (SSSR count). The van der Waals surface area contributed by atoms with Crippen molar-refractivity contribution < 1.29 is 13.6 Å². The zero-order valence-electron chi connectivity index (χ0n) is 10.7. The van der Waals surface area contributed by atoms with E-state index in [4.69, 9.17) is 0 Å². The van der Waals surface area contributed by atoms with Gasteiger partial charge in [-0.25, -0.2) is 8.78 Å². The second kappa shape index (κ2) is 6.13. The van der Waals surface area contributed by atoms with Crippen LogP contribution in [0.15, 0.2) is 46.9 Å². The summed E-state index contributed by atoms with van der Waals surface area (Å²) in [7, 11) is 1.51. The molecule has 0 aliphatic heterocycles. The zero-order valence-corrected chi connectivity index (χ0v) is 12.3. The average Bonchev–Trinajstić information content (AvgIpc) is 2.41. The van der Waals surface area contributed by atoms with Crippen LogP contribution in [-0.4, -0.2) is 17.9 Å². The number of halogens is 3. The molecule has 0 bridgehead atoms. The third-order valence-electron chi connectivity index (χ3n) is 2.89. The van der Waals surface area contributed by atoms with Gasteiger partial charge in [0.05, 0.1) is 0 Å². The second-order valence-electron chi connectivity index (χ2n) is 4.35. The van der Waals surface area contributed by atoms with E-state index in [0.29, 0.717) is 0 Å². The fourth-order valence-electron chi connectivity index (χ4n) is 1.85. The molecule has 0 saturated heterocycles. The summed E-state index contributed by atoms with van der Waals surface area (Å²) in [4.78, 5) is 13.4. The summed E-state index contributed by atoms with van der Waals surface area (Å²) in [5, 5.41) is 0. The topological polar surface area (TPSA) is 20.3 Å². The van der Waals surface area contributed by atoms with Crippen LogP contribution in [0, 0.1) is 11.6 Å². The van der Waals surface area contributed by atoms with E-state index in [1.54, 1.807) is 0 Å². The minimum atomic E-state index is -0.853. The van der Waals surface area contributed by atoms with Gasteiger partial charge < -0.3 is 4.90 Å². The third-order valence-corrected chi connectivity index (χ3v) is 3.66. The standard InChI is InChI=1S/C15H12BrF2NO/c1-19(9-10-5-2-3-6-11(10)16)15(20)14-12(17)7-4-8-13(14)18/h2-8H,9H2,1H3. The van der Waals surface area contributed by atoms with Crippen molar-refractivity contribution in [3.63, 3.8) is 0 Å². The number of carbonyl (C=O) groups excluding carboxylic acids is 1. The van der Waals surface area contributed by atoms with E-state index in [9.17, 15) is 13.6 Å². The van der Waals surface area contributed by atoms with E-state index in [1.807, 2.05) is 24.3 Å². The molecule has 0 aliphatic rings. The van der Waals surface area contributed by atoms with Crippen molar-refractivity contribution in [3.05, 3.63) is 69.7 Å². The number of hydrogen-bond donors (Lipinski definition) is 0. The maximum Gasteiger partial charge on any atom is 0.259 e. The third kappa shape index (κ3) is 3.04. The summed E-state index contributed by atoms with van der Waals surface area (Å²) in [6.07, 6.45) is 0. The highest BCUT2D eigenvalue weighted by molar-refractivity contribution is 9.10. The Kier molecular flexibility index (Phi) is 4.49. The Labute approximate surface area is 124 Å². The molecule has 20 heavy (non-hydrogen) atoms. The molecular weight excluding hydrogens is 328 g/mol. The Balaban J connectivity index is 2.24. The van der Waals surface area contributed by atoms with E-state index >= 15 is 0 Å². The lowest BCUT2D eigenvalue weighted by Crippen LogP contribution is -2.28. The van der Waals surface area contributed by atoms with Crippen molar-refractivity contribution in [3.8, 4) is 0 Å². The number of amides is 1. The molecule has 0 spiro atoms. The van der Waals surface area contributed by atoms with Crippen molar-refractivity contribution >= 4 is 21.8 Å². The summed E-state index contributed by atoms with van der Waals surface area (Å²) >= 11 is 3.37. The van der Waals surface area contributed by atoms with E-state index in [2.05, 4.69) is 15.9 Å². The van der Waals surface area contributed by atoms with Gasteiger partial charge in [0.15, 0.2) is 0 Å². The smallest absolute Gasteiger partial charge is 0.259 e. The quantitative estimate of drug-likeness (QED) is 0.827. The first-order chi connectivity index (χ1) is 9.50. The molecule has 0 unspecified atom stereocenters. The summed E-state index contributed by atoms with van der Waals surface area (Å²) in [6, 6.07) is 10.7. The largest absolute Gasteiger partial charge is 0.337 e. The van der Waals surface area contributed by atoms with Gasteiger partial charge in [0.25, 0.3) is 5.91 Å². The van der Waals surface area contributed by atoms with Gasteiger partial charge in [0, 0.05) is 18.1 Å². The molecular formula is C15H12BrF2NO. The Morgan fingerprint density at radius 2 is 1.70 bits per heavy atom. The molecule has 0 N–H and O–H groups in total. The maximum atomic E-state index is 13.6. The Morgan fingerprint density at radius 3 is 2.30 bits per heavy atom. The van der Waals surface area contributed by atoms with Crippen LogP contribution in [0.4, 0.5) is 8.78 Å². The molecule has 0 saturated carbocycles. The van der Waals surface area contributed by atoms with E-state index in [1.165, 1.54) is 18.0 Å². The molecule has 2 nitrogen and oxygen atoms in total. The van der Waals surface area contributed by atoms with Crippen molar-refractivity contribution in [1.29, 1.82) is 0 Å². The normalized spacial score (nSPS) is 10.4. The fraction of sp³-hybridized carbons (Fsp3) is 0.133. The number of hydrogen-bond acceptors (Lipinski definition) is 1. The van der Waals surface area contributed by atoms with Gasteiger partial charge in [-0.15, -0.1) is 0 Å². The van der Waals surface area contributed by atoms with E-state index in [0.717, 1.165) is 22.2 Å². The monoisotopic (exact) mass is 339 g/mol. The molecule has 2 aromatic rings. The van der Waals surface area contributed by atoms with Crippen LogP contribution in [0.2, 0.25) is 0 Å². The lowest BCUT2D eigenvalue weighted by molar-refractivity contribution is 0.0775. The minimum Gasteiger partial charge on any atom is -0.337 e. The second-order valence-corrected chi connectivity index (χ2v) is 5.20. The summed E-state index contributed by atoms with van der Waals surface area (Å²) in [5.74, 6) is -2.39. The lowest BCUT2D eigenvalue weighted by Gasteiger charge is -2.18. The molecule has 1 amide bonds. The SMILES string of the molecule is CN(Cc1ccccc1Br)C(=O)c1c(F)cccc1F. The fourth-order valence-corrected chi connectivity index (χ4v) is 2.26.